The highest BCUT2D eigenvalue weighted by molar-refractivity contribution is 9.10. The Labute approximate surface area is 201 Å². The Hall–Kier alpha value is -2.49. The number of likely N-dealkylation sites (N-methyl/N-ethyl adjacent to an activating group) is 1. The van der Waals surface area contributed by atoms with Crippen molar-refractivity contribution < 1.29 is 4.79 Å². The van der Waals surface area contributed by atoms with Gasteiger partial charge in [0.25, 0.3) is 0 Å². The summed E-state index contributed by atoms with van der Waals surface area (Å²) in [4.78, 5) is 27.2. The molecule has 1 amide bonds. The Morgan fingerprint density at radius 2 is 1.88 bits per heavy atom. The number of hydrogen-bond donors (Lipinski definition) is 2. The van der Waals surface area contributed by atoms with Crippen molar-refractivity contribution in [2.75, 3.05) is 48.8 Å². The first-order valence-corrected chi connectivity index (χ1v) is 12.3. The van der Waals surface area contributed by atoms with Gasteiger partial charge in [-0.2, -0.15) is 4.98 Å². The number of aromatic nitrogens is 2. The Morgan fingerprint density at radius 3 is 2.56 bits per heavy atom. The van der Waals surface area contributed by atoms with Gasteiger partial charge in [-0.25, -0.2) is 4.98 Å². The molecule has 2 aromatic heterocycles. The van der Waals surface area contributed by atoms with E-state index in [4.69, 9.17) is 4.98 Å². The lowest BCUT2D eigenvalue weighted by molar-refractivity contribution is -0.115. The first-order valence-electron chi connectivity index (χ1n) is 10.6. The lowest BCUT2D eigenvalue weighted by Gasteiger charge is -2.32. The van der Waals surface area contributed by atoms with E-state index in [-0.39, 0.29) is 5.91 Å². The number of halogens is 1. The molecule has 2 N–H and O–H groups in total. The van der Waals surface area contributed by atoms with Crippen LogP contribution in [-0.2, 0) is 17.8 Å². The zero-order chi connectivity index (χ0) is 22.5. The van der Waals surface area contributed by atoms with Crippen molar-refractivity contribution in [3.05, 3.63) is 62.4 Å². The third kappa shape index (κ3) is 6.27. The van der Waals surface area contributed by atoms with Gasteiger partial charge >= 0.3 is 0 Å². The van der Waals surface area contributed by atoms with Crippen molar-refractivity contribution in [2.45, 2.75) is 19.9 Å². The fourth-order valence-corrected chi connectivity index (χ4v) is 4.95. The van der Waals surface area contributed by atoms with Crippen LogP contribution in [0.3, 0.4) is 0 Å². The van der Waals surface area contributed by atoms with Crippen LogP contribution >= 0.6 is 27.3 Å². The summed E-state index contributed by atoms with van der Waals surface area (Å²) in [5.41, 5.74) is 2.86. The molecule has 1 aromatic carbocycles. The van der Waals surface area contributed by atoms with Gasteiger partial charge in [0, 0.05) is 64.9 Å². The Balaban J connectivity index is 1.31. The normalized spacial score (nSPS) is 14.4. The van der Waals surface area contributed by atoms with Gasteiger partial charge in [0.1, 0.15) is 5.82 Å². The molecule has 0 spiro atoms. The highest BCUT2D eigenvalue weighted by Crippen LogP contribution is 2.21. The Morgan fingerprint density at radius 1 is 1.12 bits per heavy atom. The van der Waals surface area contributed by atoms with E-state index in [1.54, 1.807) is 11.3 Å². The number of carbonyl (C=O) groups excluding carboxylic acids is 1. The number of aryl methyl sites for hydroxylation is 1. The van der Waals surface area contributed by atoms with Crippen LogP contribution in [0.15, 0.2) is 46.3 Å². The summed E-state index contributed by atoms with van der Waals surface area (Å²) < 4.78 is 1.01. The Kier molecular flexibility index (Phi) is 7.39. The average Bonchev–Trinajstić information content (AvgIpc) is 3.17. The van der Waals surface area contributed by atoms with Crippen LogP contribution in [0.1, 0.15) is 16.1 Å². The molecule has 1 aliphatic heterocycles. The first-order chi connectivity index (χ1) is 15.4. The van der Waals surface area contributed by atoms with Gasteiger partial charge in [0.2, 0.25) is 11.9 Å². The van der Waals surface area contributed by atoms with E-state index in [1.807, 2.05) is 48.7 Å². The van der Waals surface area contributed by atoms with Crippen molar-refractivity contribution in [3.63, 3.8) is 0 Å². The van der Waals surface area contributed by atoms with E-state index in [2.05, 4.69) is 48.4 Å². The van der Waals surface area contributed by atoms with Crippen LogP contribution in [0.5, 0.6) is 0 Å². The minimum Gasteiger partial charge on any atom is -0.366 e. The molecule has 0 aliphatic carbocycles. The molecule has 0 saturated carbocycles. The molecule has 4 rings (SSSR count). The summed E-state index contributed by atoms with van der Waals surface area (Å²) in [6.45, 7) is 6.57. The van der Waals surface area contributed by atoms with E-state index >= 15 is 0 Å². The summed E-state index contributed by atoms with van der Waals surface area (Å²) in [5, 5.41) is 8.35. The molecule has 9 heteroatoms. The number of thiophene rings is 1. The van der Waals surface area contributed by atoms with E-state index in [1.165, 1.54) is 0 Å². The highest BCUT2D eigenvalue weighted by Gasteiger charge is 2.17. The maximum Gasteiger partial charge on any atom is 0.229 e. The maximum atomic E-state index is 12.2. The number of benzene rings is 1. The van der Waals surface area contributed by atoms with E-state index < -0.39 is 0 Å². The number of carbonyl (C=O) groups is 1. The fourth-order valence-electron chi connectivity index (χ4n) is 3.50. The van der Waals surface area contributed by atoms with Gasteiger partial charge in [0.15, 0.2) is 0 Å². The summed E-state index contributed by atoms with van der Waals surface area (Å²) in [6, 6.07) is 11.8. The fraction of sp³-hybridized carbons (Fsp3) is 0.348. The quantitative estimate of drug-likeness (QED) is 0.493. The average molecular weight is 515 g/mol. The molecule has 3 heterocycles. The van der Waals surface area contributed by atoms with Crippen LogP contribution in [0, 0.1) is 6.92 Å². The first kappa shape index (κ1) is 22.7. The molecule has 168 valence electrons. The topological polar surface area (TPSA) is 73.4 Å². The predicted octanol–water partition coefficient (Wildman–Crippen LogP) is 4.15. The van der Waals surface area contributed by atoms with Crippen molar-refractivity contribution >= 4 is 50.6 Å². The van der Waals surface area contributed by atoms with Crippen LogP contribution < -0.4 is 15.5 Å². The zero-order valence-corrected chi connectivity index (χ0v) is 20.7. The van der Waals surface area contributed by atoms with Gasteiger partial charge in [-0.3, -0.25) is 4.79 Å². The number of hydrogen-bond acceptors (Lipinski definition) is 7. The SMILES string of the molecule is Cc1cc(NCc2ccc(NC(=O)Cc3cc(Br)cs3)cc2)nc(N2CCN(C)CC2)n1. The molecule has 3 aromatic rings. The van der Waals surface area contributed by atoms with Crippen LogP contribution in [0.2, 0.25) is 0 Å². The molecule has 1 aliphatic rings. The second-order valence-electron chi connectivity index (χ2n) is 7.99. The molecule has 1 fully saturated rings. The summed E-state index contributed by atoms with van der Waals surface area (Å²) in [6.07, 6.45) is 0.377. The molecule has 0 atom stereocenters. The maximum absolute atomic E-state index is 12.2. The second kappa shape index (κ2) is 10.4. The molecule has 7 nitrogen and oxygen atoms in total. The number of nitrogens with zero attached hydrogens (tertiary/aromatic N) is 4. The Bertz CT molecular complexity index is 1060. The minimum absolute atomic E-state index is 0.0156. The van der Waals surface area contributed by atoms with Crippen molar-refractivity contribution in [2.24, 2.45) is 0 Å². The van der Waals surface area contributed by atoms with Crippen molar-refractivity contribution in [3.8, 4) is 0 Å². The van der Waals surface area contributed by atoms with Gasteiger partial charge in [-0.1, -0.05) is 12.1 Å². The molecule has 0 radical (unpaired) electrons. The summed E-state index contributed by atoms with van der Waals surface area (Å²) in [7, 11) is 2.14. The van der Waals surface area contributed by atoms with Gasteiger partial charge in [-0.05, 0) is 53.7 Å². The zero-order valence-electron chi connectivity index (χ0n) is 18.3. The third-order valence-electron chi connectivity index (χ3n) is 5.30. The number of anilines is 3. The molecule has 0 unspecified atom stereocenters. The third-order valence-corrected chi connectivity index (χ3v) is 6.99. The number of piperazine rings is 1. The van der Waals surface area contributed by atoms with Gasteiger partial charge in [-0.15, -0.1) is 11.3 Å². The molecule has 0 bridgehead atoms. The summed E-state index contributed by atoms with van der Waals surface area (Å²) in [5.74, 6) is 1.60. The number of nitrogens with one attached hydrogen (secondary N) is 2. The molecule has 32 heavy (non-hydrogen) atoms. The van der Waals surface area contributed by atoms with Crippen molar-refractivity contribution in [1.82, 2.24) is 14.9 Å². The number of rotatable bonds is 7. The predicted molar refractivity (Wildman–Crippen MR) is 135 cm³/mol. The van der Waals surface area contributed by atoms with Crippen molar-refractivity contribution in [1.29, 1.82) is 0 Å². The lowest BCUT2D eigenvalue weighted by atomic mass is 10.2. The van der Waals surface area contributed by atoms with E-state index in [9.17, 15) is 4.79 Å². The molecule has 1 saturated heterocycles. The van der Waals surface area contributed by atoms with Gasteiger partial charge < -0.3 is 20.4 Å². The van der Waals surface area contributed by atoms with Crippen LogP contribution in [0.4, 0.5) is 17.5 Å². The molecular formula is C23H27BrN6OS. The molecular weight excluding hydrogens is 488 g/mol. The minimum atomic E-state index is -0.0156. The summed E-state index contributed by atoms with van der Waals surface area (Å²) >= 11 is 4.99. The number of amides is 1. The second-order valence-corrected chi connectivity index (χ2v) is 9.90. The smallest absolute Gasteiger partial charge is 0.229 e. The van der Waals surface area contributed by atoms with E-state index in [0.29, 0.717) is 13.0 Å². The van der Waals surface area contributed by atoms with Crippen LogP contribution in [0.25, 0.3) is 0 Å². The lowest BCUT2D eigenvalue weighted by Crippen LogP contribution is -2.45. The standard InChI is InChI=1S/C23H27BrN6OS/c1-16-11-21(28-23(26-16)30-9-7-29(2)8-10-30)25-14-17-3-5-19(6-4-17)27-22(31)13-20-12-18(24)15-32-20/h3-6,11-12,15H,7-10,13-14H2,1-2H3,(H,27,31)(H,25,26,28). The monoisotopic (exact) mass is 514 g/mol. The largest absolute Gasteiger partial charge is 0.366 e. The van der Waals surface area contributed by atoms with Crippen LogP contribution in [-0.4, -0.2) is 54.0 Å². The van der Waals surface area contributed by atoms with Gasteiger partial charge in [0.05, 0.1) is 6.42 Å². The van der Waals surface area contributed by atoms with E-state index in [0.717, 1.165) is 64.2 Å². The highest BCUT2D eigenvalue weighted by atomic mass is 79.9.